The van der Waals surface area contributed by atoms with Crippen LogP contribution in [-0.4, -0.2) is 18.7 Å². The van der Waals surface area contributed by atoms with Gasteiger partial charge in [-0.2, -0.15) is 0 Å². The molecule has 0 aromatic carbocycles. The number of hydrogen-bond acceptors (Lipinski definition) is 3. The van der Waals surface area contributed by atoms with Gasteiger partial charge in [0, 0.05) is 24.6 Å². The molecule has 1 rings (SSSR count). The van der Waals surface area contributed by atoms with Crippen LogP contribution in [0.5, 0.6) is 0 Å². The van der Waals surface area contributed by atoms with Gasteiger partial charge >= 0.3 is 0 Å². The van der Waals surface area contributed by atoms with Gasteiger partial charge in [-0.15, -0.1) is 11.3 Å². The summed E-state index contributed by atoms with van der Waals surface area (Å²) < 4.78 is 5.86. The Bertz CT molecular complexity index is 201. The van der Waals surface area contributed by atoms with Crippen LogP contribution in [0, 0.1) is 0 Å². The maximum absolute atomic E-state index is 4.92. The van der Waals surface area contributed by atoms with Gasteiger partial charge in [-0.05, 0) is 15.9 Å². The quantitative estimate of drug-likeness (QED) is 0.781. The maximum atomic E-state index is 4.92. The third kappa shape index (κ3) is 2.36. The van der Waals surface area contributed by atoms with Gasteiger partial charge in [0.25, 0.3) is 0 Å². The van der Waals surface area contributed by atoms with E-state index in [2.05, 4.69) is 20.9 Å². The minimum atomic E-state index is 0.772. The monoisotopic (exact) mass is 221 g/mol. The molecule has 0 bridgehead atoms. The van der Waals surface area contributed by atoms with Gasteiger partial charge in [-0.1, -0.05) is 0 Å². The molecule has 0 unspecified atom stereocenters. The smallest absolute Gasteiger partial charge is 0.159 e. The highest BCUT2D eigenvalue weighted by Crippen LogP contribution is 2.18. The Labute approximate surface area is 72.4 Å². The molecule has 0 atom stereocenters. The zero-order valence-electron chi connectivity index (χ0n) is 5.63. The highest BCUT2D eigenvalue weighted by molar-refractivity contribution is 9.11. The molecule has 1 heterocycles. The van der Waals surface area contributed by atoms with Gasteiger partial charge in [0.1, 0.15) is 0 Å². The lowest BCUT2D eigenvalue weighted by Gasteiger charge is -1.91. The zero-order valence-corrected chi connectivity index (χ0v) is 8.04. The second-order valence-electron chi connectivity index (χ2n) is 1.82. The largest absolute Gasteiger partial charge is 0.384 e. The van der Waals surface area contributed by atoms with Crippen LogP contribution in [0.1, 0.15) is 4.88 Å². The van der Waals surface area contributed by atoms with E-state index >= 15 is 0 Å². The summed E-state index contributed by atoms with van der Waals surface area (Å²) >= 11 is 4.94. The Hall–Kier alpha value is 0.0700. The van der Waals surface area contributed by atoms with Crippen molar-refractivity contribution < 1.29 is 4.74 Å². The molecule has 0 aliphatic rings. The molecule has 0 saturated heterocycles. The van der Waals surface area contributed by atoms with Gasteiger partial charge < -0.3 is 4.74 Å². The summed E-state index contributed by atoms with van der Waals surface area (Å²) in [5.41, 5.74) is 0. The Morgan fingerprint density at radius 1 is 1.80 bits per heavy atom. The number of halogens is 1. The molecule has 0 fully saturated rings. The first kappa shape index (κ1) is 8.17. The third-order valence-corrected chi connectivity index (χ3v) is 2.61. The summed E-state index contributed by atoms with van der Waals surface area (Å²) in [7, 11) is 1.70. The first-order valence-electron chi connectivity index (χ1n) is 2.92. The van der Waals surface area contributed by atoms with Gasteiger partial charge in [0.15, 0.2) is 3.92 Å². The van der Waals surface area contributed by atoms with Crippen LogP contribution in [0.3, 0.4) is 0 Å². The molecule has 0 aliphatic heterocycles. The highest BCUT2D eigenvalue weighted by atomic mass is 79.9. The highest BCUT2D eigenvalue weighted by Gasteiger charge is 1.96. The topological polar surface area (TPSA) is 22.1 Å². The summed E-state index contributed by atoms with van der Waals surface area (Å²) in [5.74, 6) is 0. The molecule has 2 nitrogen and oxygen atoms in total. The molecular weight excluding hydrogens is 214 g/mol. The number of hydrogen-bond donors (Lipinski definition) is 0. The predicted molar refractivity (Wildman–Crippen MR) is 45.4 cm³/mol. The molecule has 0 N–H and O–H groups in total. The van der Waals surface area contributed by atoms with Crippen LogP contribution in [0.2, 0.25) is 0 Å². The number of nitrogens with zero attached hydrogens (tertiary/aromatic N) is 1. The summed E-state index contributed by atoms with van der Waals surface area (Å²) in [6.07, 6.45) is 2.83. The van der Waals surface area contributed by atoms with Crippen LogP contribution >= 0.6 is 27.3 Å². The molecule has 0 aliphatic carbocycles. The average molecular weight is 222 g/mol. The van der Waals surface area contributed by atoms with Crippen LogP contribution in [-0.2, 0) is 11.2 Å². The Morgan fingerprint density at radius 2 is 2.60 bits per heavy atom. The molecule has 0 amide bonds. The number of rotatable bonds is 3. The number of methoxy groups -OCH3 is 1. The molecule has 0 spiro atoms. The second-order valence-corrected chi connectivity index (χ2v) is 4.21. The van der Waals surface area contributed by atoms with E-state index < -0.39 is 0 Å². The number of aromatic nitrogens is 1. The van der Waals surface area contributed by atoms with Crippen LogP contribution in [0.15, 0.2) is 10.1 Å². The fourth-order valence-corrected chi connectivity index (χ4v) is 1.94. The summed E-state index contributed by atoms with van der Waals surface area (Å²) in [5, 5.41) is 0. The van der Waals surface area contributed by atoms with E-state index in [1.165, 1.54) is 4.88 Å². The minimum Gasteiger partial charge on any atom is -0.384 e. The molecule has 10 heavy (non-hydrogen) atoms. The van der Waals surface area contributed by atoms with Crippen molar-refractivity contribution in [1.29, 1.82) is 0 Å². The van der Waals surface area contributed by atoms with E-state index in [9.17, 15) is 0 Å². The summed E-state index contributed by atoms with van der Waals surface area (Å²) in [6, 6.07) is 0. The molecule has 0 radical (unpaired) electrons. The molecule has 56 valence electrons. The van der Waals surface area contributed by atoms with Crippen molar-refractivity contribution in [3.8, 4) is 0 Å². The van der Waals surface area contributed by atoms with Gasteiger partial charge in [-0.25, -0.2) is 4.98 Å². The van der Waals surface area contributed by atoms with E-state index in [1.54, 1.807) is 18.4 Å². The normalized spacial score (nSPS) is 10.2. The van der Waals surface area contributed by atoms with Crippen molar-refractivity contribution in [1.82, 2.24) is 4.98 Å². The van der Waals surface area contributed by atoms with E-state index in [0.29, 0.717) is 0 Å². The molecule has 1 aromatic heterocycles. The number of ether oxygens (including phenoxy) is 1. The lowest BCUT2D eigenvalue weighted by molar-refractivity contribution is 0.203. The molecule has 0 saturated carbocycles. The Morgan fingerprint density at radius 3 is 3.10 bits per heavy atom. The maximum Gasteiger partial charge on any atom is 0.159 e. The zero-order chi connectivity index (χ0) is 7.40. The minimum absolute atomic E-state index is 0.772. The fraction of sp³-hybridized carbons (Fsp3) is 0.500. The van der Waals surface area contributed by atoms with Gasteiger partial charge in [0.2, 0.25) is 0 Å². The molecular formula is C6H8BrNOS. The predicted octanol–water partition coefficient (Wildman–Crippen LogP) is 2.09. The lowest BCUT2D eigenvalue weighted by atomic mass is 10.4. The van der Waals surface area contributed by atoms with E-state index in [-0.39, 0.29) is 0 Å². The Kier molecular flexibility index (Phi) is 3.31. The fourth-order valence-electron chi connectivity index (χ4n) is 0.602. The van der Waals surface area contributed by atoms with Crippen molar-refractivity contribution >= 4 is 27.3 Å². The summed E-state index contributed by atoms with van der Waals surface area (Å²) in [6.45, 7) is 0.772. The standard InChI is InChI=1S/C6H8BrNOS/c1-9-3-2-5-4-8-6(7)10-5/h4H,2-3H2,1H3. The van der Waals surface area contributed by atoms with Crippen molar-refractivity contribution in [2.75, 3.05) is 13.7 Å². The van der Waals surface area contributed by atoms with Crippen molar-refractivity contribution in [2.45, 2.75) is 6.42 Å². The lowest BCUT2D eigenvalue weighted by Crippen LogP contribution is -1.90. The van der Waals surface area contributed by atoms with Gasteiger partial charge in [-0.3, -0.25) is 0 Å². The summed E-state index contributed by atoms with van der Waals surface area (Å²) in [4.78, 5) is 5.31. The van der Waals surface area contributed by atoms with E-state index in [1.807, 2.05) is 6.20 Å². The van der Waals surface area contributed by atoms with Gasteiger partial charge in [0.05, 0.1) is 6.61 Å². The van der Waals surface area contributed by atoms with E-state index in [0.717, 1.165) is 16.9 Å². The van der Waals surface area contributed by atoms with Crippen molar-refractivity contribution in [3.63, 3.8) is 0 Å². The second kappa shape index (κ2) is 4.05. The molecule has 1 aromatic rings. The average Bonchev–Trinajstić information content (AvgIpc) is 2.31. The van der Waals surface area contributed by atoms with Crippen LogP contribution in [0.4, 0.5) is 0 Å². The molecule has 4 heteroatoms. The first-order chi connectivity index (χ1) is 4.83. The third-order valence-electron chi connectivity index (χ3n) is 1.08. The first-order valence-corrected chi connectivity index (χ1v) is 4.53. The Balaban J connectivity index is 2.42. The van der Waals surface area contributed by atoms with Crippen LogP contribution < -0.4 is 0 Å². The van der Waals surface area contributed by atoms with Crippen LogP contribution in [0.25, 0.3) is 0 Å². The van der Waals surface area contributed by atoms with Crippen molar-refractivity contribution in [2.24, 2.45) is 0 Å². The number of thiazole rings is 1. The van der Waals surface area contributed by atoms with Crippen molar-refractivity contribution in [3.05, 3.63) is 15.0 Å². The van der Waals surface area contributed by atoms with E-state index in [4.69, 9.17) is 4.74 Å². The SMILES string of the molecule is COCCc1cnc(Br)s1.